The van der Waals surface area contributed by atoms with Crippen molar-refractivity contribution in [2.24, 2.45) is 0 Å². The van der Waals surface area contributed by atoms with Gasteiger partial charge in [0.15, 0.2) is 0 Å². The van der Waals surface area contributed by atoms with Gasteiger partial charge in [0.05, 0.1) is 0 Å². The molecule has 1 aliphatic rings. The molecule has 0 aliphatic heterocycles. The predicted octanol–water partition coefficient (Wildman–Crippen LogP) is 5.39. The van der Waals surface area contributed by atoms with Gasteiger partial charge in [-0.15, -0.1) is 0 Å². The number of phenols is 6. The van der Waals surface area contributed by atoms with Gasteiger partial charge in [-0.25, -0.2) is 0 Å². The van der Waals surface area contributed by atoms with Crippen LogP contribution in [0.3, 0.4) is 0 Å². The van der Waals surface area contributed by atoms with E-state index in [9.17, 15) is 30.6 Å². The normalized spacial score (nSPS) is 18.2. The van der Waals surface area contributed by atoms with Crippen molar-refractivity contribution in [1.29, 1.82) is 0 Å². The quantitative estimate of drug-likeness (QED) is 0.247. The first-order valence-electron chi connectivity index (χ1n) is 10.7. The van der Waals surface area contributed by atoms with Crippen LogP contribution < -0.4 is 0 Å². The van der Waals surface area contributed by atoms with Crippen molar-refractivity contribution in [3.63, 3.8) is 0 Å². The summed E-state index contributed by atoms with van der Waals surface area (Å²) in [6, 6.07) is 20.5. The molecule has 5 rings (SSSR count). The third-order valence-electron chi connectivity index (χ3n) is 6.18. The third-order valence-corrected chi connectivity index (χ3v) is 6.18. The van der Waals surface area contributed by atoms with Crippen LogP contribution >= 0.6 is 0 Å². The minimum absolute atomic E-state index is 0.100. The lowest BCUT2D eigenvalue weighted by Crippen LogP contribution is -2.08. The summed E-state index contributed by atoms with van der Waals surface area (Å²) in [6.07, 6.45) is 1.91. The van der Waals surface area contributed by atoms with Gasteiger partial charge < -0.3 is 30.6 Å². The molecule has 0 spiro atoms. The van der Waals surface area contributed by atoms with E-state index in [1.165, 1.54) is 24.3 Å². The second-order valence-corrected chi connectivity index (χ2v) is 8.45. The summed E-state index contributed by atoms with van der Waals surface area (Å²) in [4.78, 5) is 0. The molecular weight excluding hydrogens is 432 g/mol. The lowest BCUT2D eigenvalue weighted by Gasteiger charge is -2.23. The van der Waals surface area contributed by atoms with Crippen molar-refractivity contribution in [1.82, 2.24) is 0 Å². The number of aromatic hydroxyl groups is 6. The Balaban J connectivity index is 1.82. The Morgan fingerprint density at radius 3 is 1.68 bits per heavy atom. The summed E-state index contributed by atoms with van der Waals surface area (Å²) in [5.41, 5.74) is 4.15. The second kappa shape index (κ2) is 8.08. The fourth-order valence-electron chi connectivity index (χ4n) is 4.83. The maximum atomic E-state index is 10.9. The maximum Gasteiger partial charge on any atom is 0.123 e. The van der Waals surface area contributed by atoms with E-state index in [0.29, 0.717) is 16.7 Å². The van der Waals surface area contributed by atoms with Gasteiger partial charge in [-0.2, -0.15) is 0 Å². The zero-order valence-electron chi connectivity index (χ0n) is 17.9. The van der Waals surface area contributed by atoms with Gasteiger partial charge >= 0.3 is 0 Å². The van der Waals surface area contributed by atoms with Crippen molar-refractivity contribution in [2.45, 2.75) is 11.8 Å². The molecule has 0 amide bonds. The Kier molecular flexibility index (Phi) is 5.06. The molecule has 4 aromatic carbocycles. The van der Waals surface area contributed by atoms with E-state index in [1.807, 2.05) is 6.08 Å². The van der Waals surface area contributed by atoms with Crippen LogP contribution in [-0.4, -0.2) is 30.6 Å². The topological polar surface area (TPSA) is 121 Å². The molecule has 0 heterocycles. The lowest BCUT2D eigenvalue weighted by atomic mass is 9.79. The Labute approximate surface area is 195 Å². The van der Waals surface area contributed by atoms with Crippen LogP contribution in [0.5, 0.6) is 34.5 Å². The van der Waals surface area contributed by atoms with Crippen LogP contribution in [0.15, 0.2) is 78.9 Å². The molecule has 0 radical (unpaired) electrons. The second-order valence-electron chi connectivity index (χ2n) is 8.45. The Hall–Kier alpha value is -4.58. The van der Waals surface area contributed by atoms with Gasteiger partial charge in [-0.05, 0) is 70.3 Å². The van der Waals surface area contributed by atoms with E-state index in [1.54, 1.807) is 54.6 Å². The van der Waals surface area contributed by atoms with Crippen LogP contribution in [0, 0.1) is 0 Å². The van der Waals surface area contributed by atoms with Gasteiger partial charge in [0, 0.05) is 29.5 Å². The minimum Gasteiger partial charge on any atom is -0.508 e. The number of phenolic OH excluding ortho intramolecular Hbond substituents is 6. The Morgan fingerprint density at radius 1 is 0.500 bits per heavy atom. The molecule has 0 fully saturated rings. The molecule has 0 bridgehead atoms. The molecule has 2 atom stereocenters. The molecule has 6 heteroatoms. The molecule has 0 unspecified atom stereocenters. The van der Waals surface area contributed by atoms with Gasteiger partial charge in [0.2, 0.25) is 0 Å². The molecule has 0 saturated carbocycles. The molecule has 6 nitrogen and oxygen atoms in total. The summed E-state index contributed by atoms with van der Waals surface area (Å²) in [6.45, 7) is 0. The standard InChI is InChI=1S/C28H22O6/c29-18-5-1-15(2-6-18)9-23-24-13-22(33)14-25(34)28(24)27(17-10-20(31)12-21(32)11-17)26(23)16-3-7-19(30)8-4-16/h1-14,26-27,29-34H/t26-,27+/m0/s1. The molecule has 4 aromatic rings. The molecular formula is C28H22O6. The highest BCUT2D eigenvalue weighted by Gasteiger charge is 2.41. The fraction of sp³-hybridized carbons (Fsp3) is 0.0714. The van der Waals surface area contributed by atoms with Crippen molar-refractivity contribution in [3.8, 4) is 34.5 Å². The highest BCUT2D eigenvalue weighted by atomic mass is 16.3. The van der Waals surface area contributed by atoms with Gasteiger partial charge in [0.25, 0.3) is 0 Å². The summed E-state index contributed by atoms with van der Waals surface area (Å²) in [5, 5.41) is 61.2. The van der Waals surface area contributed by atoms with Gasteiger partial charge in [0.1, 0.15) is 34.5 Å². The first kappa shape index (κ1) is 21.3. The van der Waals surface area contributed by atoms with E-state index >= 15 is 0 Å². The minimum atomic E-state index is -0.512. The van der Waals surface area contributed by atoms with Crippen LogP contribution in [-0.2, 0) is 0 Å². The molecule has 1 aliphatic carbocycles. The maximum absolute atomic E-state index is 10.9. The SMILES string of the molecule is Oc1ccc(C=C2c3cc(O)cc(O)c3[C@H](c3cc(O)cc(O)c3)[C@H]2c2ccc(O)cc2)cc1. The van der Waals surface area contributed by atoms with Crippen LogP contribution in [0.25, 0.3) is 11.6 Å². The smallest absolute Gasteiger partial charge is 0.123 e. The average molecular weight is 454 g/mol. The molecule has 34 heavy (non-hydrogen) atoms. The van der Waals surface area contributed by atoms with E-state index in [-0.39, 0.29) is 34.5 Å². The first-order valence-corrected chi connectivity index (χ1v) is 10.7. The van der Waals surface area contributed by atoms with Gasteiger partial charge in [-0.3, -0.25) is 0 Å². The fourth-order valence-corrected chi connectivity index (χ4v) is 4.83. The highest BCUT2D eigenvalue weighted by molar-refractivity contribution is 5.93. The lowest BCUT2D eigenvalue weighted by molar-refractivity contribution is 0.440. The average Bonchev–Trinajstić information content (AvgIpc) is 3.09. The highest BCUT2D eigenvalue weighted by Crippen LogP contribution is 2.58. The predicted molar refractivity (Wildman–Crippen MR) is 128 cm³/mol. The molecule has 6 N–H and O–H groups in total. The van der Waals surface area contributed by atoms with Crippen LogP contribution in [0.2, 0.25) is 0 Å². The summed E-state index contributed by atoms with van der Waals surface area (Å²) >= 11 is 0. The van der Waals surface area contributed by atoms with Crippen molar-refractivity contribution < 1.29 is 30.6 Å². The number of hydrogen-bond acceptors (Lipinski definition) is 6. The summed E-state index contributed by atoms with van der Waals surface area (Å²) < 4.78 is 0. The molecule has 0 saturated heterocycles. The van der Waals surface area contributed by atoms with Gasteiger partial charge in [-0.1, -0.05) is 30.3 Å². The monoisotopic (exact) mass is 454 g/mol. The Bertz CT molecular complexity index is 1380. The number of hydrogen-bond donors (Lipinski definition) is 6. The summed E-state index contributed by atoms with van der Waals surface area (Å²) in [7, 11) is 0. The van der Waals surface area contributed by atoms with E-state index in [0.717, 1.165) is 16.7 Å². The van der Waals surface area contributed by atoms with Crippen LogP contribution in [0.4, 0.5) is 0 Å². The van der Waals surface area contributed by atoms with E-state index in [4.69, 9.17) is 0 Å². The molecule has 0 aromatic heterocycles. The zero-order chi connectivity index (χ0) is 24.0. The first-order chi connectivity index (χ1) is 16.3. The van der Waals surface area contributed by atoms with Crippen molar-refractivity contribution >= 4 is 11.6 Å². The van der Waals surface area contributed by atoms with Crippen molar-refractivity contribution in [3.05, 3.63) is 107 Å². The number of rotatable bonds is 3. The van der Waals surface area contributed by atoms with Crippen molar-refractivity contribution in [2.75, 3.05) is 0 Å². The number of benzene rings is 4. The van der Waals surface area contributed by atoms with Crippen LogP contribution in [0.1, 0.15) is 39.7 Å². The third kappa shape index (κ3) is 3.75. The largest absolute Gasteiger partial charge is 0.508 e. The number of fused-ring (bicyclic) bond motifs is 1. The Morgan fingerprint density at radius 2 is 1.06 bits per heavy atom. The summed E-state index contributed by atoms with van der Waals surface area (Å²) in [5.74, 6) is -1.11. The van der Waals surface area contributed by atoms with E-state index < -0.39 is 11.8 Å². The molecule has 170 valence electrons. The van der Waals surface area contributed by atoms with E-state index in [2.05, 4.69) is 0 Å². The zero-order valence-corrected chi connectivity index (χ0v) is 17.9. The number of allylic oxidation sites excluding steroid dienone is 1.